The van der Waals surface area contributed by atoms with E-state index in [1.807, 2.05) is 13.8 Å². The maximum absolute atomic E-state index is 13.1. The van der Waals surface area contributed by atoms with E-state index in [1.54, 1.807) is 19.1 Å². The Morgan fingerprint density at radius 2 is 2.07 bits per heavy atom. The standard InChI is InChI=1S/C11H15FN2O/c1-7(2)13-11(15)14-9-5-4-8(3)10(12)6-9/h4-7H,1-3H3,(H2,13,14,15). The van der Waals surface area contributed by atoms with Crippen LogP contribution >= 0.6 is 0 Å². The first-order valence-electron chi connectivity index (χ1n) is 4.82. The highest BCUT2D eigenvalue weighted by molar-refractivity contribution is 5.89. The lowest BCUT2D eigenvalue weighted by molar-refractivity contribution is 0.250. The number of urea groups is 1. The number of hydrogen-bond donors (Lipinski definition) is 2. The maximum Gasteiger partial charge on any atom is 0.319 e. The number of benzene rings is 1. The zero-order valence-corrected chi connectivity index (χ0v) is 9.10. The van der Waals surface area contributed by atoms with Gasteiger partial charge in [-0.15, -0.1) is 0 Å². The molecule has 0 saturated carbocycles. The number of aryl methyl sites for hydroxylation is 1. The molecule has 0 saturated heterocycles. The van der Waals surface area contributed by atoms with Crippen LogP contribution in [0.5, 0.6) is 0 Å². The Balaban J connectivity index is 2.65. The van der Waals surface area contributed by atoms with Crippen LogP contribution in [0, 0.1) is 12.7 Å². The van der Waals surface area contributed by atoms with Crippen LogP contribution in [0.4, 0.5) is 14.9 Å². The van der Waals surface area contributed by atoms with Gasteiger partial charge in [0.2, 0.25) is 0 Å². The smallest absolute Gasteiger partial charge is 0.319 e. The van der Waals surface area contributed by atoms with Crippen molar-refractivity contribution in [2.75, 3.05) is 5.32 Å². The third-order valence-corrected chi connectivity index (χ3v) is 1.85. The molecule has 0 unspecified atom stereocenters. The average Bonchev–Trinajstić information content (AvgIpc) is 2.10. The molecular formula is C11H15FN2O. The Labute approximate surface area is 88.7 Å². The Kier molecular flexibility index (Phi) is 3.66. The highest BCUT2D eigenvalue weighted by Crippen LogP contribution is 2.13. The molecule has 0 aliphatic rings. The fourth-order valence-electron chi connectivity index (χ4n) is 1.10. The Morgan fingerprint density at radius 3 is 2.60 bits per heavy atom. The van der Waals surface area contributed by atoms with Gasteiger partial charge in [-0.05, 0) is 38.5 Å². The number of carbonyl (C=O) groups is 1. The quantitative estimate of drug-likeness (QED) is 0.774. The zero-order chi connectivity index (χ0) is 11.4. The van der Waals surface area contributed by atoms with Crippen LogP contribution < -0.4 is 10.6 Å². The predicted molar refractivity (Wildman–Crippen MR) is 58.4 cm³/mol. The maximum atomic E-state index is 13.1. The van der Waals surface area contributed by atoms with Gasteiger partial charge in [0.15, 0.2) is 0 Å². The SMILES string of the molecule is Cc1ccc(NC(=O)NC(C)C)cc1F. The van der Waals surface area contributed by atoms with Crippen molar-refractivity contribution >= 4 is 11.7 Å². The number of halogens is 1. The molecule has 2 N–H and O–H groups in total. The van der Waals surface area contributed by atoms with Crippen LogP contribution in [0.1, 0.15) is 19.4 Å². The first-order valence-corrected chi connectivity index (χ1v) is 4.82. The van der Waals surface area contributed by atoms with Gasteiger partial charge < -0.3 is 10.6 Å². The van der Waals surface area contributed by atoms with Gasteiger partial charge in [-0.1, -0.05) is 6.07 Å². The average molecular weight is 210 g/mol. The number of nitrogens with one attached hydrogen (secondary N) is 2. The van der Waals surface area contributed by atoms with Crippen LogP contribution in [0.15, 0.2) is 18.2 Å². The van der Waals surface area contributed by atoms with Gasteiger partial charge in [0.1, 0.15) is 5.82 Å². The lowest BCUT2D eigenvalue weighted by Gasteiger charge is -2.10. The number of amides is 2. The third-order valence-electron chi connectivity index (χ3n) is 1.85. The van der Waals surface area contributed by atoms with E-state index >= 15 is 0 Å². The van der Waals surface area contributed by atoms with Crippen LogP contribution in [0.2, 0.25) is 0 Å². The van der Waals surface area contributed by atoms with E-state index in [1.165, 1.54) is 6.07 Å². The first-order chi connectivity index (χ1) is 6.99. The number of anilines is 1. The molecule has 0 aliphatic heterocycles. The molecule has 15 heavy (non-hydrogen) atoms. The largest absolute Gasteiger partial charge is 0.336 e. The summed E-state index contributed by atoms with van der Waals surface area (Å²) in [7, 11) is 0. The number of rotatable bonds is 2. The Hall–Kier alpha value is -1.58. The molecule has 0 aliphatic carbocycles. The molecule has 0 heterocycles. The summed E-state index contributed by atoms with van der Waals surface area (Å²) >= 11 is 0. The Bertz CT molecular complexity index is 364. The summed E-state index contributed by atoms with van der Waals surface area (Å²) in [4.78, 5) is 11.3. The summed E-state index contributed by atoms with van der Waals surface area (Å²) in [5.41, 5.74) is 1.01. The fraction of sp³-hybridized carbons (Fsp3) is 0.364. The highest BCUT2D eigenvalue weighted by atomic mass is 19.1. The van der Waals surface area contributed by atoms with E-state index in [0.29, 0.717) is 11.3 Å². The summed E-state index contributed by atoms with van der Waals surface area (Å²) in [6.45, 7) is 5.39. The van der Waals surface area contributed by atoms with E-state index < -0.39 is 0 Å². The summed E-state index contributed by atoms with van der Waals surface area (Å²) in [6.07, 6.45) is 0. The summed E-state index contributed by atoms with van der Waals surface area (Å²) in [5.74, 6) is -0.322. The topological polar surface area (TPSA) is 41.1 Å². The van der Waals surface area contributed by atoms with Crippen molar-refractivity contribution in [3.05, 3.63) is 29.6 Å². The molecule has 2 amide bonds. The molecule has 1 rings (SSSR count). The van der Waals surface area contributed by atoms with Crippen LogP contribution in [-0.2, 0) is 0 Å². The minimum atomic E-state index is -0.326. The van der Waals surface area contributed by atoms with Gasteiger partial charge in [-0.25, -0.2) is 9.18 Å². The first kappa shape index (κ1) is 11.5. The van der Waals surface area contributed by atoms with E-state index in [0.717, 1.165) is 0 Å². The monoisotopic (exact) mass is 210 g/mol. The molecule has 3 nitrogen and oxygen atoms in total. The lowest BCUT2D eigenvalue weighted by atomic mass is 10.2. The van der Waals surface area contributed by atoms with E-state index in [9.17, 15) is 9.18 Å². The minimum Gasteiger partial charge on any atom is -0.336 e. The van der Waals surface area contributed by atoms with Gasteiger partial charge >= 0.3 is 6.03 Å². The molecule has 0 spiro atoms. The molecule has 1 aromatic rings. The van der Waals surface area contributed by atoms with Gasteiger partial charge in [0, 0.05) is 11.7 Å². The molecular weight excluding hydrogens is 195 g/mol. The van der Waals surface area contributed by atoms with Crippen molar-refractivity contribution in [2.24, 2.45) is 0 Å². The second kappa shape index (κ2) is 4.77. The van der Waals surface area contributed by atoms with Gasteiger partial charge in [-0.2, -0.15) is 0 Å². The number of carbonyl (C=O) groups excluding carboxylic acids is 1. The fourth-order valence-corrected chi connectivity index (χ4v) is 1.10. The molecule has 82 valence electrons. The van der Waals surface area contributed by atoms with Gasteiger partial charge in [0.05, 0.1) is 0 Å². The minimum absolute atomic E-state index is 0.0558. The van der Waals surface area contributed by atoms with Crippen molar-refractivity contribution in [3.8, 4) is 0 Å². The van der Waals surface area contributed by atoms with Crippen molar-refractivity contribution in [1.82, 2.24) is 5.32 Å². The molecule has 1 aromatic carbocycles. The molecule has 4 heteroatoms. The second-order valence-electron chi connectivity index (χ2n) is 3.72. The van der Waals surface area contributed by atoms with Crippen molar-refractivity contribution in [1.29, 1.82) is 0 Å². The number of hydrogen-bond acceptors (Lipinski definition) is 1. The van der Waals surface area contributed by atoms with Crippen LogP contribution in [0.25, 0.3) is 0 Å². The third kappa shape index (κ3) is 3.58. The summed E-state index contributed by atoms with van der Waals surface area (Å²) < 4.78 is 13.1. The molecule has 0 atom stereocenters. The van der Waals surface area contributed by atoms with E-state index in [2.05, 4.69) is 10.6 Å². The lowest BCUT2D eigenvalue weighted by Crippen LogP contribution is -2.34. The Morgan fingerprint density at radius 1 is 1.40 bits per heavy atom. The molecule has 0 radical (unpaired) electrons. The van der Waals surface area contributed by atoms with Crippen molar-refractivity contribution in [2.45, 2.75) is 26.8 Å². The molecule has 0 fully saturated rings. The van der Waals surface area contributed by atoms with Gasteiger partial charge in [-0.3, -0.25) is 0 Å². The molecule has 0 bridgehead atoms. The van der Waals surface area contributed by atoms with Crippen molar-refractivity contribution < 1.29 is 9.18 Å². The van der Waals surface area contributed by atoms with Crippen LogP contribution in [0.3, 0.4) is 0 Å². The highest BCUT2D eigenvalue weighted by Gasteiger charge is 2.04. The van der Waals surface area contributed by atoms with E-state index in [-0.39, 0.29) is 17.9 Å². The zero-order valence-electron chi connectivity index (χ0n) is 9.10. The predicted octanol–water partition coefficient (Wildman–Crippen LogP) is 2.66. The van der Waals surface area contributed by atoms with E-state index in [4.69, 9.17) is 0 Å². The molecule has 0 aromatic heterocycles. The van der Waals surface area contributed by atoms with Crippen molar-refractivity contribution in [3.63, 3.8) is 0 Å². The summed E-state index contributed by atoms with van der Waals surface area (Å²) in [6, 6.07) is 4.32. The van der Waals surface area contributed by atoms with Crippen LogP contribution in [-0.4, -0.2) is 12.1 Å². The normalized spacial score (nSPS) is 10.2. The second-order valence-corrected chi connectivity index (χ2v) is 3.72. The summed E-state index contributed by atoms with van der Waals surface area (Å²) in [5, 5.41) is 5.20. The van der Waals surface area contributed by atoms with Gasteiger partial charge in [0.25, 0.3) is 0 Å².